The van der Waals surface area contributed by atoms with Crippen molar-refractivity contribution in [3.05, 3.63) is 35.0 Å². The number of fused-ring (bicyclic) bond motifs is 1. The van der Waals surface area contributed by atoms with Gasteiger partial charge in [0.05, 0.1) is 0 Å². The molecule has 1 saturated heterocycles. The number of thiazole rings is 1. The van der Waals surface area contributed by atoms with Gasteiger partial charge >= 0.3 is 19.8 Å². The van der Waals surface area contributed by atoms with Crippen molar-refractivity contribution in [3.63, 3.8) is 0 Å². The standard InChI is InChI=1S/C16H15N5O6S2.H3O4P/c1-3-7-4-28-14-10(13(24)21(14)11(7)15(25)26)19-12(23)9(20-27-6(2)22)8-5-29-16(17)18-8;1-5(2,3)4/h3,5,10,14H,1,4H2,2H3,(H2,17,18)(H,19,23)(H,25,26);(H3,1,2,3,4)/b20-9+;/t10?,14-;/m1./s1. The van der Waals surface area contributed by atoms with Crippen molar-refractivity contribution in [1.29, 1.82) is 0 Å². The lowest BCUT2D eigenvalue weighted by Gasteiger charge is -2.49. The number of hydrogen-bond acceptors (Lipinski definition) is 11. The van der Waals surface area contributed by atoms with Crippen molar-refractivity contribution < 1.29 is 48.4 Å². The molecule has 1 unspecified atom stereocenters. The van der Waals surface area contributed by atoms with E-state index in [1.807, 2.05) is 0 Å². The fraction of sp³-hybridized carbons (Fsp3) is 0.250. The molecule has 0 aliphatic carbocycles. The van der Waals surface area contributed by atoms with Crippen LogP contribution in [0.5, 0.6) is 0 Å². The van der Waals surface area contributed by atoms with Crippen LogP contribution in [0.25, 0.3) is 0 Å². The lowest BCUT2D eigenvalue weighted by molar-refractivity contribution is -0.150. The highest BCUT2D eigenvalue weighted by molar-refractivity contribution is 8.00. The Kier molecular flexibility index (Phi) is 8.71. The normalized spacial score (nSPS) is 19.8. The van der Waals surface area contributed by atoms with Crippen LogP contribution in [0.4, 0.5) is 5.13 Å². The van der Waals surface area contributed by atoms with Crippen LogP contribution in [-0.2, 0) is 28.6 Å². The van der Waals surface area contributed by atoms with Crippen LogP contribution in [0.1, 0.15) is 12.6 Å². The van der Waals surface area contributed by atoms with Crippen molar-refractivity contribution in [2.75, 3.05) is 11.5 Å². The van der Waals surface area contributed by atoms with Gasteiger partial charge in [-0.1, -0.05) is 17.8 Å². The van der Waals surface area contributed by atoms with Crippen LogP contribution >= 0.6 is 30.9 Å². The van der Waals surface area contributed by atoms with Crippen molar-refractivity contribution in [2.45, 2.75) is 18.3 Å². The Morgan fingerprint density at radius 1 is 1.41 bits per heavy atom. The third kappa shape index (κ3) is 6.72. The number of nitrogens with one attached hydrogen (secondary N) is 1. The monoisotopic (exact) mass is 535 g/mol. The smallest absolute Gasteiger partial charge is 0.466 e. The number of carbonyl (C=O) groups excluding carboxylic acids is 3. The number of aromatic nitrogens is 1. The first-order valence-electron chi connectivity index (χ1n) is 8.84. The second kappa shape index (κ2) is 10.9. The summed E-state index contributed by atoms with van der Waals surface area (Å²) < 4.78 is 8.88. The molecule has 2 amide bonds. The van der Waals surface area contributed by atoms with Crippen molar-refractivity contribution in [2.24, 2.45) is 5.16 Å². The molecule has 2 aliphatic heterocycles. The Labute approximate surface area is 199 Å². The molecule has 0 saturated carbocycles. The van der Waals surface area contributed by atoms with E-state index < -0.39 is 43.0 Å². The number of amides is 2. The van der Waals surface area contributed by atoms with E-state index in [4.69, 9.17) is 25.0 Å². The summed E-state index contributed by atoms with van der Waals surface area (Å²) in [6.45, 7) is 4.68. The highest BCUT2D eigenvalue weighted by Crippen LogP contribution is 2.40. The largest absolute Gasteiger partial charge is 0.477 e. The summed E-state index contributed by atoms with van der Waals surface area (Å²) in [5.74, 6) is -3.08. The Hall–Kier alpha value is -3.08. The van der Waals surface area contributed by atoms with Crippen LogP contribution in [0, 0.1) is 0 Å². The van der Waals surface area contributed by atoms with Gasteiger partial charge in [0.25, 0.3) is 11.8 Å². The minimum absolute atomic E-state index is 0.0752. The van der Waals surface area contributed by atoms with E-state index in [0.717, 1.165) is 23.2 Å². The molecule has 1 fully saturated rings. The molecule has 184 valence electrons. The molecule has 1 aromatic rings. The minimum Gasteiger partial charge on any atom is -0.477 e. The number of β-lactam (4-membered cyclic amide) rings is 1. The molecule has 2 aliphatic rings. The molecule has 15 nitrogen and oxygen atoms in total. The van der Waals surface area contributed by atoms with Crippen molar-refractivity contribution in [1.82, 2.24) is 15.2 Å². The highest BCUT2D eigenvalue weighted by Gasteiger charge is 2.54. The van der Waals surface area contributed by atoms with Gasteiger partial charge in [-0.05, 0) is 5.57 Å². The number of phosphoric acid groups is 1. The second-order valence-corrected chi connectivity index (χ2v) is 9.37. The number of nitrogen functional groups attached to an aromatic ring is 1. The quantitative estimate of drug-likeness (QED) is 0.0842. The highest BCUT2D eigenvalue weighted by atomic mass is 32.2. The molecular formula is C16H18N5O10PS2. The molecule has 1 aromatic heterocycles. The number of thioether (sulfide) groups is 1. The van der Waals surface area contributed by atoms with Gasteiger partial charge < -0.3 is 35.7 Å². The van der Waals surface area contributed by atoms with Crippen LogP contribution < -0.4 is 11.1 Å². The van der Waals surface area contributed by atoms with Gasteiger partial charge in [0.15, 0.2) is 10.8 Å². The number of anilines is 1. The van der Waals surface area contributed by atoms with Gasteiger partial charge in [-0.3, -0.25) is 14.5 Å². The number of aliphatic carboxylic acids is 1. The topological polar surface area (TPSA) is 242 Å². The summed E-state index contributed by atoms with van der Waals surface area (Å²) in [4.78, 5) is 79.0. The SMILES string of the molecule is C=CC1=C(C(=O)O)N2C(=O)C(NC(=O)/C(=N/OC(C)=O)c3csc(N)n3)[C@H]2SC1.O=P(O)(O)O. The molecule has 34 heavy (non-hydrogen) atoms. The van der Waals surface area contributed by atoms with E-state index >= 15 is 0 Å². The van der Waals surface area contributed by atoms with E-state index in [0.29, 0.717) is 11.3 Å². The van der Waals surface area contributed by atoms with Gasteiger partial charge in [0, 0.05) is 18.1 Å². The maximum atomic E-state index is 12.7. The first-order valence-corrected chi connectivity index (χ1v) is 12.3. The van der Waals surface area contributed by atoms with E-state index in [1.54, 1.807) is 0 Å². The first kappa shape index (κ1) is 27.2. The average molecular weight is 535 g/mol. The Morgan fingerprint density at radius 2 is 2.03 bits per heavy atom. The number of rotatable bonds is 6. The maximum absolute atomic E-state index is 12.7. The number of nitrogens with two attached hydrogens (primary N) is 1. The molecule has 0 aromatic carbocycles. The Morgan fingerprint density at radius 3 is 2.50 bits per heavy atom. The summed E-state index contributed by atoms with van der Waals surface area (Å²) in [6, 6.07) is -0.980. The van der Waals surface area contributed by atoms with Gasteiger partial charge in [0.1, 0.15) is 22.8 Å². The zero-order valence-corrected chi connectivity index (χ0v) is 19.7. The second-order valence-electron chi connectivity index (χ2n) is 6.35. The minimum atomic E-state index is -4.64. The molecule has 0 bridgehead atoms. The van der Waals surface area contributed by atoms with Crippen LogP contribution in [0.3, 0.4) is 0 Å². The van der Waals surface area contributed by atoms with Crippen LogP contribution in [-0.4, -0.2) is 76.3 Å². The molecule has 3 heterocycles. The Bertz CT molecular complexity index is 1130. The summed E-state index contributed by atoms with van der Waals surface area (Å²) in [7, 11) is -4.64. The lowest BCUT2D eigenvalue weighted by atomic mass is 10.0. The predicted octanol–water partition coefficient (Wildman–Crippen LogP) is -1.01. The van der Waals surface area contributed by atoms with Crippen molar-refractivity contribution >= 4 is 65.5 Å². The Balaban J connectivity index is 0.000000739. The third-order valence-electron chi connectivity index (χ3n) is 3.98. The zero-order chi connectivity index (χ0) is 25.8. The molecule has 0 radical (unpaired) electrons. The predicted molar refractivity (Wildman–Crippen MR) is 119 cm³/mol. The van der Waals surface area contributed by atoms with E-state index in [-0.39, 0.29) is 22.2 Å². The van der Waals surface area contributed by atoms with Crippen LogP contribution in [0.2, 0.25) is 0 Å². The molecule has 7 N–H and O–H groups in total. The van der Waals surface area contributed by atoms with E-state index in [1.165, 1.54) is 23.2 Å². The van der Waals surface area contributed by atoms with Gasteiger partial charge in [-0.2, -0.15) is 0 Å². The van der Waals surface area contributed by atoms with Gasteiger partial charge in [-0.15, -0.1) is 23.1 Å². The summed E-state index contributed by atoms with van der Waals surface area (Å²) in [5, 5.41) is 16.5. The number of carboxylic acids is 1. The molecule has 3 rings (SSSR count). The maximum Gasteiger partial charge on any atom is 0.466 e. The van der Waals surface area contributed by atoms with Crippen molar-refractivity contribution in [3.8, 4) is 0 Å². The number of allylic oxidation sites excluding steroid dienone is 1. The van der Waals surface area contributed by atoms with E-state index in [2.05, 4.69) is 26.9 Å². The third-order valence-corrected chi connectivity index (χ3v) is 5.95. The fourth-order valence-corrected chi connectivity index (χ4v) is 4.61. The van der Waals surface area contributed by atoms with Crippen LogP contribution in [0.15, 0.2) is 34.5 Å². The summed E-state index contributed by atoms with van der Waals surface area (Å²) >= 11 is 2.34. The summed E-state index contributed by atoms with van der Waals surface area (Å²) in [5.41, 5.74) is 5.58. The number of carbonyl (C=O) groups is 4. The van der Waals surface area contributed by atoms with Gasteiger partial charge in [-0.25, -0.2) is 19.1 Å². The molecule has 0 spiro atoms. The van der Waals surface area contributed by atoms with Gasteiger partial charge in [0.2, 0.25) is 0 Å². The number of nitrogens with zero attached hydrogens (tertiary/aromatic N) is 3. The van der Waals surface area contributed by atoms with E-state index in [9.17, 15) is 24.3 Å². The molecule has 18 heteroatoms. The lowest BCUT2D eigenvalue weighted by Crippen LogP contribution is -2.71. The first-order chi connectivity index (χ1) is 15.7. The fourth-order valence-electron chi connectivity index (χ4n) is 2.72. The number of hydrogen-bond donors (Lipinski definition) is 6. The number of oxime groups is 1. The zero-order valence-electron chi connectivity index (χ0n) is 17.1. The number of carboxylic acid groups (broad SMARTS) is 1. The molecule has 2 atom stereocenters. The molecular weight excluding hydrogens is 517 g/mol. The average Bonchev–Trinajstić information content (AvgIpc) is 3.15. The summed E-state index contributed by atoms with van der Waals surface area (Å²) in [6.07, 6.45) is 1.39.